The van der Waals surface area contributed by atoms with Gasteiger partial charge in [0.05, 0.1) is 6.10 Å². The van der Waals surface area contributed by atoms with E-state index in [1.165, 1.54) is 36.4 Å². The predicted octanol–water partition coefficient (Wildman–Crippen LogP) is 4.34. The number of ether oxygens (including phenoxy) is 1. The van der Waals surface area contributed by atoms with Gasteiger partial charge in [0, 0.05) is 0 Å². The van der Waals surface area contributed by atoms with Crippen molar-refractivity contribution in [1.29, 1.82) is 0 Å². The van der Waals surface area contributed by atoms with Gasteiger partial charge in [-0.15, -0.1) is 11.8 Å². The van der Waals surface area contributed by atoms with E-state index in [2.05, 4.69) is 4.99 Å². The van der Waals surface area contributed by atoms with Gasteiger partial charge in [0.1, 0.15) is 15.8 Å². The van der Waals surface area contributed by atoms with E-state index < -0.39 is 0 Å². The number of hydrogen-bond donors (Lipinski definition) is 0. The Morgan fingerprint density at radius 1 is 1.29 bits per heavy atom. The normalized spacial score (nSPS) is 21.1. The van der Waals surface area contributed by atoms with E-state index in [-0.39, 0.29) is 5.12 Å². The van der Waals surface area contributed by atoms with Crippen molar-refractivity contribution in [3.05, 3.63) is 35.5 Å². The van der Waals surface area contributed by atoms with Gasteiger partial charge in [-0.05, 0) is 67.5 Å². The minimum atomic E-state index is 0.0191. The number of rotatable bonds is 3. The maximum Gasteiger partial charge on any atom is 0.244 e. The highest BCUT2D eigenvalue weighted by Crippen LogP contribution is 2.30. The molecule has 1 aliphatic carbocycles. The van der Waals surface area contributed by atoms with Crippen LogP contribution in [0.4, 0.5) is 0 Å². The average molecular weight is 319 g/mol. The van der Waals surface area contributed by atoms with Crippen molar-refractivity contribution in [3.63, 3.8) is 0 Å². The maximum absolute atomic E-state index is 11.8. The van der Waals surface area contributed by atoms with Gasteiger partial charge in [-0.2, -0.15) is 0 Å². The van der Waals surface area contributed by atoms with Gasteiger partial charge in [-0.1, -0.05) is 12.1 Å². The van der Waals surface area contributed by atoms with Crippen molar-refractivity contribution >= 4 is 39.1 Å². The zero-order valence-electron chi connectivity index (χ0n) is 11.9. The third-order valence-electron chi connectivity index (χ3n) is 3.56. The van der Waals surface area contributed by atoms with Crippen LogP contribution >= 0.6 is 23.5 Å². The number of nitrogens with zero attached hydrogens (tertiary/aromatic N) is 1. The third-order valence-corrected chi connectivity index (χ3v) is 5.41. The first kappa shape index (κ1) is 14.7. The smallest absolute Gasteiger partial charge is 0.244 e. The number of benzene rings is 1. The SMILES string of the molecule is CSC1=NC(=Cc2ccc(OC3CCCC3)cc2)C(=O)S1. The molecule has 0 radical (unpaired) electrons. The van der Waals surface area contributed by atoms with Crippen LogP contribution in [0, 0.1) is 0 Å². The molecule has 0 saturated heterocycles. The van der Waals surface area contributed by atoms with Crippen LogP contribution in [-0.4, -0.2) is 21.9 Å². The average Bonchev–Trinajstić information content (AvgIpc) is 3.11. The molecule has 3 nitrogen and oxygen atoms in total. The third kappa shape index (κ3) is 3.71. The van der Waals surface area contributed by atoms with Crippen LogP contribution in [0.15, 0.2) is 35.0 Å². The molecule has 0 N–H and O–H groups in total. The first-order chi connectivity index (χ1) is 10.2. The van der Waals surface area contributed by atoms with E-state index in [4.69, 9.17) is 4.74 Å². The van der Waals surface area contributed by atoms with Crippen LogP contribution in [0.5, 0.6) is 5.75 Å². The lowest BCUT2D eigenvalue weighted by molar-refractivity contribution is -0.107. The number of carbonyl (C=O) groups excluding carboxylic acids is 1. The molecule has 1 aromatic carbocycles. The molecule has 21 heavy (non-hydrogen) atoms. The Kier molecular flexibility index (Phi) is 4.70. The van der Waals surface area contributed by atoms with E-state index in [1.807, 2.05) is 36.6 Å². The van der Waals surface area contributed by atoms with Crippen molar-refractivity contribution in [2.45, 2.75) is 31.8 Å². The highest BCUT2D eigenvalue weighted by atomic mass is 32.2. The first-order valence-corrected chi connectivity index (χ1v) is 9.12. The second-order valence-electron chi connectivity index (χ2n) is 5.09. The highest BCUT2D eigenvalue weighted by Gasteiger charge is 2.21. The van der Waals surface area contributed by atoms with Gasteiger partial charge < -0.3 is 4.74 Å². The quantitative estimate of drug-likeness (QED) is 0.777. The van der Waals surface area contributed by atoms with Crippen LogP contribution in [0.2, 0.25) is 0 Å². The Hall–Kier alpha value is -1.20. The molecule has 0 spiro atoms. The lowest BCUT2D eigenvalue weighted by Gasteiger charge is -2.12. The van der Waals surface area contributed by atoms with E-state index in [9.17, 15) is 4.79 Å². The van der Waals surface area contributed by atoms with Gasteiger partial charge in [0.25, 0.3) is 0 Å². The van der Waals surface area contributed by atoms with Gasteiger partial charge in [-0.25, -0.2) is 4.99 Å². The van der Waals surface area contributed by atoms with Crippen LogP contribution in [0.25, 0.3) is 6.08 Å². The first-order valence-electron chi connectivity index (χ1n) is 7.08. The fourth-order valence-electron chi connectivity index (χ4n) is 2.48. The predicted molar refractivity (Wildman–Crippen MR) is 90.9 cm³/mol. The number of carbonyl (C=O) groups is 1. The Morgan fingerprint density at radius 3 is 2.62 bits per heavy atom. The zero-order chi connectivity index (χ0) is 14.7. The van der Waals surface area contributed by atoms with Crippen LogP contribution < -0.4 is 4.74 Å². The molecule has 1 aliphatic heterocycles. The summed E-state index contributed by atoms with van der Waals surface area (Å²) in [4.78, 5) is 16.1. The Bertz CT molecular complexity index is 587. The molecule has 1 aromatic rings. The molecule has 3 rings (SSSR count). The van der Waals surface area contributed by atoms with E-state index in [0.29, 0.717) is 11.8 Å². The van der Waals surface area contributed by atoms with Crippen molar-refractivity contribution in [1.82, 2.24) is 0 Å². The number of hydrogen-bond acceptors (Lipinski definition) is 5. The minimum absolute atomic E-state index is 0.0191. The molecule has 0 unspecified atom stereocenters. The second kappa shape index (κ2) is 6.71. The summed E-state index contributed by atoms with van der Waals surface area (Å²) in [5.74, 6) is 0.907. The lowest BCUT2D eigenvalue weighted by Crippen LogP contribution is -2.10. The van der Waals surface area contributed by atoms with Crippen molar-refractivity contribution in [2.24, 2.45) is 4.99 Å². The summed E-state index contributed by atoms with van der Waals surface area (Å²) < 4.78 is 6.75. The molecule has 110 valence electrons. The monoisotopic (exact) mass is 319 g/mol. The van der Waals surface area contributed by atoms with Crippen LogP contribution in [0.3, 0.4) is 0 Å². The van der Waals surface area contributed by atoms with E-state index in [1.54, 1.807) is 0 Å². The summed E-state index contributed by atoms with van der Waals surface area (Å²) >= 11 is 2.70. The summed E-state index contributed by atoms with van der Waals surface area (Å²) in [6.45, 7) is 0. The van der Waals surface area contributed by atoms with Gasteiger partial charge in [0.2, 0.25) is 5.12 Å². The summed E-state index contributed by atoms with van der Waals surface area (Å²) in [6, 6.07) is 7.89. The largest absolute Gasteiger partial charge is 0.490 e. The number of thioether (sulfide) groups is 2. The Morgan fingerprint density at radius 2 is 2.00 bits per heavy atom. The van der Waals surface area contributed by atoms with Crippen molar-refractivity contribution in [3.8, 4) is 5.75 Å². The Labute approximate surface area is 133 Å². The molecule has 5 heteroatoms. The molecule has 2 aliphatic rings. The molecular formula is C16H17NO2S2. The Balaban J connectivity index is 1.69. The van der Waals surface area contributed by atoms with E-state index in [0.717, 1.165) is 28.5 Å². The lowest BCUT2D eigenvalue weighted by atomic mass is 10.2. The standard InChI is InChI=1S/C16H17NO2S2/c1-20-16-17-14(15(18)21-16)10-11-6-8-13(9-7-11)19-12-4-2-3-5-12/h6-10,12H,2-5H2,1H3. The zero-order valence-corrected chi connectivity index (χ0v) is 13.5. The summed E-state index contributed by atoms with van der Waals surface area (Å²) in [6.07, 6.45) is 8.98. The van der Waals surface area contributed by atoms with Crippen molar-refractivity contribution in [2.75, 3.05) is 6.26 Å². The molecule has 0 bridgehead atoms. The fraction of sp³-hybridized carbons (Fsp3) is 0.375. The summed E-state index contributed by atoms with van der Waals surface area (Å²) in [5.41, 5.74) is 1.50. The van der Waals surface area contributed by atoms with Crippen LogP contribution in [0.1, 0.15) is 31.2 Å². The summed E-state index contributed by atoms with van der Waals surface area (Å²) in [7, 11) is 0. The molecule has 1 fully saturated rings. The van der Waals surface area contributed by atoms with Crippen molar-refractivity contribution < 1.29 is 9.53 Å². The molecule has 0 atom stereocenters. The molecule has 0 aromatic heterocycles. The van der Waals surface area contributed by atoms with Gasteiger partial charge in [-0.3, -0.25) is 4.79 Å². The van der Waals surface area contributed by atoms with E-state index >= 15 is 0 Å². The summed E-state index contributed by atoms with van der Waals surface area (Å²) in [5, 5.41) is 0.0191. The van der Waals surface area contributed by atoms with Crippen LogP contribution in [-0.2, 0) is 4.79 Å². The molecule has 1 saturated carbocycles. The minimum Gasteiger partial charge on any atom is -0.490 e. The van der Waals surface area contributed by atoms with Gasteiger partial charge in [0.15, 0.2) is 0 Å². The maximum atomic E-state index is 11.8. The highest BCUT2D eigenvalue weighted by molar-refractivity contribution is 8.45. The molecule has 0 amide bonds. The topological polar surface area (TPSA) is 38.7 Å². The number of aliphatic imine (C=N–C) groups is 1. The second-order valence-corrected chi connectivity index (χ2v) is 7.11. The van der Waals surface area contributed by atoms with Gasteiger partial charge >= 0.3 is 0 Å². The molecule has 1 heterocycles. The molecular weight excluding hydrogens is 302 g/mol. The fourth-order valence-corrected chi connectivity index (χ4v) is 3.74.